The lowest BCUT2D eigenvalue weighted by Gasteiger charge is -2.31. The summed E-state index contributed by atoms with van der Waals surface area (Å²) < 4.78 is 13.0. The zero-order valence-electron chi connectivity index (χ0n) is 15.2. The van der Waals surface area contributed by atoms with E-state index in [1.54, 1.807) is 36.8 Å². The van der Waals surface area contributed by atoms with Crippen molar-refractivity contribution in [2.45, 2.75) is 19.3 Å². The maximum absolute atomic E-state index is 13.0. The number of carbonyl (C=O) groups excluding carboxylic acids is 1. The molecule has 0 spiro atoms. The number of rotatable bonds is 5. The lowest BCUT2D eigenvalue weighted by atomic mass is 9.97. The van der Waals surface area contributed by atoms with Gasteiger partial charge < -0.3 is 10.2 Å². The van der Waals surface area contributed by atoms with Crippen molar-refractivity contribution in [2.24, 2.45) is 5.92 Å². The van der Waals surface area contributed by atoms with Crippen molar-refractivity contribution >= 4 is 28.3 Å². The number of benzene rings is 1. The van der Waals surface area contributed by atoms with E-state index in [-0.39, 0.29) is 17.6 Å². The fourth-order valence-electron chi connectivity index (χ4n) is 3.29. The smallest absolute Gasteiger partial charge is 0.231 e. The van der Waals surface area contributed by atoms with Gasteiger partial charge in [-0.2, -0.15) is 0 Å². The van der Waals surface area contributed by atoms with Crippen molar-refractivity contribution < 1.29 is 9.18 Å². The van der Waals surface area contributed by atoms with E-state index in [1.165, 1.54) is 23.5 Å². The first-order valence-corrected chi connectivity index (χ1v) is 10.0. The molecule has 144 valence electrons. The van der Waals surface area contributed by atoms with Crippen molar-refractivity contribution in [2.75, 3.05) is 23.3 Å². The van der Waals surface area contributed by atoms with Crippen LogP contribution in [-0.4, -0.2) is 33.9 Å². The predicted molar refractivity (Wildman–Crippen MR) is 107 cm³/mol. The van der Waals surface area contributed by atoms with Crippen molar-refractivity contribution in [1.82, 2.24) is 15.0 Å². The summed E-state index contributed by atoms with van der Waals surface area (Å²) in [6, 6.07) is 8.20. The normalized spacial score (nSPS) is 16.8. The van der Waals surface area contributed by atoms with Crippen LogP contribution in [0.4, 0.5) is 15.5 Å². The van der Waals surface area contributed by atoms with E-state index in [2.05, 4.69) is 25.2 Å². The first-order chi connectivity index (χ1) is 13.7. The Balaban J connectivity index is 1.36. The molecule has 2 aromatic heterocycles. The number of thiazole rings is 1. The second kappa shape index (κ2) is 8.43. The Morgan fingerprint density at radius 3 is 2.79 bits per heavy atom. The van der Waals surface area contributed by atoms with Crippen molar-refractivity contribution in [3.63, 3.8) is 0 Å². The summed E-state index contributed by atoms with van der Waals surface area (Å²) in [6.07, 6.45) is 7.60. The molecular weight excluding hydrogens is 377 g/mol. The molecule has 1 unspecified atom stereocenters. The Bertz CT molecular complexity index is 931. The Kier molecular flexibility index (Phi) is 5.57. The van der Waals surface area contributed by atoms with Gasteiger partial charge in [0.2, 0.25) is 11.9 Å². The molecule has 3 heterocycles. The van der Waals surface area contributed by atoms with Crippen molar-refractivity contribution in [3.8, 4) is 0 Å². The van der Waals surface area contributed by atoms with Crippen LogP contribution >= 0.6 is 11.3 Å². The average molecular weight is 397 g/mol. The second-order valence-electron chi connectivity index (χ2n) is 6.76. The zero-order chi connectivity index (χ0) is 19.3. The molecule has 1 saturated heterocycles. The Morgan fingerprint density at radius 1 is 1.21 bits per heavy atom. The SMILES string of the molecule is O=C(Nc1ncc(Cc2ccc(F)cc2)s1)C1CCCN(c2ncccn2)C1. The third-order valence-electron chi connectivity index (χ3n) is 4.70. The van der Waals surface area contributed by atoms with Crippen LogP contribution < -0.4 is 10.2 Å². The van der Waals surface area contributed by atoms with Crippen LogP contribution in [0, 0.1) is 11.7 Å². The Morgan fingerprint density at radius 2 is 2.00 bits per heavy atom. The van der Waals surface area contributed by atoms with Gasteiger partial charge in [0.25, 0.3) is 0 Å². The number of amides is 1. The molecule has 0 bridgehead atoms. The Labute approximate surface area is 166 Å². The number of hydrogen-bond donors (Lipinski definition) is 1. The fraction of sp³-hybridized carbons (Fsp3) is 0.300. The summed E-state index contributed by atoms with van der Waals surface area (Å²) in [6.45, 7) is 1.45. The number of anilines is 2. The molecular formula is C20H20FN5OS. The van der Waals surface area contributed by atoms with Gasteiger partial charge in [0.1, 0.15) is 5.82 Å². The molecule has 0 aliphatic carbocycles. The van der Waals surface area contributed by atoms with Gasteiger partial charge in [-0.25, -0.2) is 19.3 Å². The van der Waals surface area contributed by atoms with Crippen LogP contribution in [0.5, 0.6) is 0 Å². The summed E-state index contributed by atoms with van der Waals surface area (Å²) >= 11 is 1.45. The third-order valence-corrected chi connectivity index (χ3v) is 5.62. The lowest BCUT2D eigenvalue weighted by Crippen LogP contribution is -2.41. The highest BCUT2D eigenvalue weighted by Crippen LogP contribution is 2.24. The molecule has 1 aliphatic heterocycles. The van der Waals surface area contributed by atoms with E-state index in [9.17, 15) is 9.18 Å². The van der Waals surface area contributed by atoms with Crippen molar-refractivity contribution in [3.05, 3.63) is 65.2 Å². The molecule has 1 N–H and O–H groups in total. The van der Waals surface area contributed by atoms with E-state index in [1.807, 2.05) is 0 Å². The number of halogens is 1. The molecule has 1 atom stereocenters. The molecule has 1 aromatic carbocycles. The number of nitrogens with zero attached hydrogens (tertiary/aromatic N) is 4. The van der Waals surface area contributed by atoms with Crippen LogP contribution in [0.15, 0.2) is 48.9 Å². The molecule has 4 rings (SSSR count). The van der Waals surface area contributed by atoms with Gasteiger partial charge >= 0.3 is 0 Å². The molecule has 8 heteroatoms. The number of piperidine rings is 1. The monoisotopic (exact) mass is 397 g/mol. The molecule has 1 amide bonds. The molecule has 0 radical (unpaired) electrons. The number of aromatic nitrogens is 3. The summed E-state index contributed by atoms with van der Waals surface area (Å²) in [7, 11) is 0. The minimum Gasteiger partial charge on any atom is -0.340 e. The van der Waals surface area contributed by atoms with Crippen LogP contribution in [-0.2, 0) is 11.2 Å². The first-order valence-electron chi connectivity index (χ1n) is 9.19. The number of carbonyl (C=O) groups is 1. The maximum atomic E-state index is 13.0. The maximum Gasteiger partial charge on any atom is 0.231 e. The van der Waals surface area contributed by atoms with Crippen molar-refractivity contribution in [1.29, 1.82) is 0 Å². The molecule has 1 aliphatic rings. The van der Waals surface area contributed by atoms with Gasteiger partial charge in [0.05, 0.1) is 5.92 Å². The standard InChI is InChI=1S/C20H20FN5OS/c21-16-6-4-14(5-7-16)11-17-12-24-20(28-17)25-18(27)15-3-1-10-26(13-15)19-22-8-2-9-23-19/h2,4-9,12,15H,1,3,10-11,13H2,(H,24,25,27). The summed E-state index contributed by atoms with van der Waals surface area (Å²) in [4.78, 5) is 28.6. The van der Waals surface area contributed by atoms with Gasteiger partial charge in [-0.3, -0.25) is 4.79 Å². The molecule has 3 aromatic rings. The van der Waals surface area contributed by atoms with Gasteiger partial charge in [0, 0.05) is 43.0 Å². The fourth-order valence-corrected chi connectivity index (χ4v) is 4.13. The summed E-state index contributed by atoms with van der Waals surface area (Å²) in [5.74, 6) is 0.268. The second-order valence-corrected chi connectivity index (χ2v) is 7.87. The molecule has 1 fully saturated rings. The molecule has 6 nitrogen and oxygen atoms in total. The van der Waals surface area contributed by atoms with Gasteiger partial charge in [0.15, 0.2) is 5.13 Å². The van der Waals surface area contributed by atoms with Crippen LogP contribution in [0.1, 0.15) is 23.3 Å². The van der Waals surface area contributed by atoms with Gasteiger partial charge in [-0.05, 0) is 36.6 Å². The average Bonchev–Trinajstić information content (AvgIpc) is 3.17. The van der Waals surface area contributed by atoms with Gasteiger partial charge in [-0.15, -0.1) is 11.3 Å². The largest absolute Gasteiger partial charge is 0.340 e. The van der Waals surface area contributed by atoms with E-state index < -0.39 is 0 Å². The van der Waals surface area contributed by atoms with Gasteiger partial charge in [-0.1, -0.05) is 12.1 Å². The quantitative estimate of drug-likeness (QED) is 0.713. The zero-order valence-corrected chi connectivity index (χ0v) is 16.0. The highest BCUT2D eigenvalue weighted by molar-refractivity contribution is 7.15. The third kappa shape index (κ3) is 4.51. The summed E-state index contributed by atoms with van der Waals surface area (Å²) in [5, 5.41) is 3.53. The first kappa shape index (κ1) is 18.5. The predicted octanol–water partition coefficient (Wildman–Crippen LogP) is 3.52. The molecule has 0 saturated carbocycles. The van der Waals surface area contributed by atoms with Crippen LogP contribution in [0.2, 0.25) is 0 Å². The number of hydrogen-bond acceptors (Lipinski definition) is 6. The highest BCUT2D eigenvalue weighted by atomic mass is 32.1. The van der Waals surface area contributed by atoms with E-state index >= 15 is 0 Å². The topological polar surface area (TPSA) is 71.0 Å². The van der Waals surface area contributed by atoms with Crippen LogP contribution in [0.25, 0.3) is 0 Å². The Hall–Kier alpha value is -2.87. The van der Waals surface area contributed by atoms with E-state index in [4.69, 9.17) is 0 Å². The van der Waals surface area contributed by atoms with E-state index in [0.29, 0.717) is 24.0 Å². The highest BCUT2D eigenvalue weighted by Gasteiger charge is 2.27. The summed E-state index contributed by atoms with van der Waals surface area (Å²) in [5.41, 5.74) is 1.01. The molecule has 28 heavy (non-hydrogen) atoms. The van der Waals surface area contributed by atoms with Crippen LogP contribution in [0.3, 0.4) is 0 Å². The number of nitrogens with one attached hydrogen (secondary N) is 1. The minimum absolute atomic E-state index is 0.0247. The lowest BCUT2D eigenvalue weighted by molar-refractivity contribution is -0.120. The van der Waals surface area contributed by atoms with E-state index in [0.717, 1.165) is 29.8 Å². The minimum atomic E-state index is -0.247.